The first-order valence-electron chi connectivity index (χ1n) is 8.31. The highest BCUT2D eigenvalue weighted by molar-refractivity contribution is 5.54. The van der Waals surface area contributed by atoms with E-state index in [0.717, 1.165) is 23.3 Å². The molecule has 0 spiro atoms. The minimum Gasteiger partial charge on any atom is -0.493 e. The summed E-state index contributed by atoms with van der Waals surface area (Å²) in [6.45, 7) is 7.04. The van der Waals surface area contributed by atoms with Gasteiger partial charge in [-0.25, -0.2) is 0 Å². The summed E-state index contributed by atoms with van der Waals surface area (Å²) in [4.78, 5) is 0. The minimum absolute atomic E-state index is 0.567. The molecule has 0 aliphatic heterocycles. The van der Waals surface area contributed by atoms with E-state index in [1.165, 1.54) is 24.8 Å². The normalized spacial score (nSPS) is 25.1. The van der Waals surface area contributed by atoms with Gasteiger partial charge in [0.05, 0.1) is 21.3 Å². The Kier molecular flexibility index (Phi) is 5.60. The summed E-state index contributed by atoms with van der Waals surface area (Å²) >= 11 is 0. The molecular formula is C19H30O3. The average Bonchev–Trinajstić information content (AvgIpc) is 2.52. The van der Waals surface area contributed by atoms with Crippen LogP contribution in [-0.4, -0.2) is 21.3 Å². The molecule has 3 atom stereocenters. The van der Waals surface area contributed by atoms with Crippen LogP contribution in [0.2, 0.25) is 0 Å². The molecule has 1 aliphatic rings. The Hall–Kier alpha value is -1.38. The van der Waals surface area contributed by atoms with Crippen LogP contribution in [0.25, 0.3) is 0 Å². The number of rotatable bonds is 5. The molecule has 2 rings (SSSR count). The molecule has 1 fully saturated rings. The number of ether oxygens (including phenoxy) is 3. The summed E-state index contributed by atoms with van der Waals surface area (Å²) in [6, 6.07) is 4.28. The van der Waals surface area contributed by atoms with Gasteiger partial charge in [-0.2, -0.15) is 0 Å². The first-order valence-corrected chi connectivity index (χ1v) is 8.31. The molecule has 124 valence electrons. The molecule has 1 aliphatic carbocycles. The van der Waals surface area contributed by atoms with Crippen molar-refractivity contribution in [1.82, 2.24) is 0 Å². The van der Waals surface area contributed by atoms with E-state index in [4.69, 9.17) is 14.2 Å². The highest BCUT2D eigenvalue weighted by Gasteiger charge is 2.32. The van der Waals surface area contributed by atoms with Gasteiger partial charge in [0.25, 0.3) is 0 Å². The lowest BCUT2D eigenvalue weighted by Crippen LogP contribution is -2.26. The van der Waals surface area contributed by atoms with E-state index in [1.54, 1.807) is 21.3 Å². The number of benzene rings is 1. The van der Waals surface area contributed by atoms with Crippen molar-refractivity contribution in [3.63, 3.8) is 0 Å². The standard InChI is InChI=1S/C19H30O3/c1-12(2)15-8-7-13(3)9-16(15)14-10-17(20-4)19(22-6)18(11-14)21-5/h10-13,15-16H,7-9H2,1-6H3/t13-,15+,16+/m1/s1. The lowest BCUT2D eigenvalue weighted by molar-refractivity contribution is 0.196. The Bertz CT molecular complexity index is 470. The van der Waals surface area contributed by atoms with Gasteiger partial charge in [-0.1, -0.05) is 27.2 Å². The van der Waals surface area contributed by atoms with Crippen molar-refractivity contribution in [2.75, 3.05) is 21.3 Å². The fourth-order valence-electron chi connectivity index (χ4n) is 3.90. The Morgan fingerprint density at radius 3 is 2.00 bits per heavy atom. The monoisotopic (exact) mass is 306 g/mol. The molecule has 0 N–H and O–H groups in total. The quantitative estimate of drug-likeness (QED) is 0.775. The number of hydrogen-bond donors (Lipinski definition) is 0. The molecule has 1 aromatic carbocycles. The number of hydrogen-bond acceptors (Lipinski definition) is 3. The lowest BCUT2D eigenvalue weighted by atomic mass is 9.67. The predicted octanol–water partition coefficient (Wildman–Crippen LogP) is 4.89. The molecule has 0 saturated heterocycles. The van der Waals surface area contributed by atoms with Crippen LogP contribution in [0.4, 0.5) is 0 Å². The van der Waals surface area contributed by atoms with Crippen LogP contribution >= 0.6 is 0 Å². The molecule has 0 heterocycles. The molecule has 0 amide bonds. The zero-order valence-electron chi connectivity index (χ0n) is 14.8. The van der Waals surface area contributed by atoms with E-state index in [9.17, 15) is 0 Å². The van der Waals surface area contributed by atoms with E-state index in [2.05, 4.69) is 32.9 Å². The maximum absolute atomic E-state index is 5.53. The van der Waals surface area contributed by atoms with Crippen LogP contribution in [0.15, 0.2) is 12.1 Å². The van der Waals surface area contributed by atoms with Crippen LogP contribution in [0.5, 0.6) is 17.2 Å². The second-order valence-corrected chi connectivity index (χ2v) is 6.89. The molecule has 1 saturated carbocycles. The van der Waals surface area contributed by atoms with Gasteiger partial charge in [0.1, 0.15) is 0 Å². The summed E-state index contributed by atoms with van der Waals surface area (Å²) in [6.07, 6.45) is 3.88. The molecule has 3 heteroatoms. The van der Waals surface area contributed by atoms with E-state index < -0.39 is 0 Å². The Morgan fingerprint density at radius 2 is 1.55 bits per heavy atom. The van der Waals surface area contributed by atoms with Gasteiger partial charge in [-0.05, 0) is 54.2 Å². The van der Waals surface area contributed by atoms with Crippen molar-refractivity contribution < 1.29 is 14.2 Å². The van der Waals surface area contributed by atoms with Crippen molar-refractivity contribution in [2.45, 2.75) is 46.0 Å². The molecule has 3 nitrogen and oxygen atoms in total. The summed E-state index contributed by atoms with van der Waals surface area (Å²) in [5.41, 5.74) is 1.32. The first kappa shape index (κ1) is 17.0. The van der Waals surface area contributed by atoms with Crippen molar-refractivity contribution in [3.05, 3.63) is 17.7 Å². The van der Waals surface area contributed by atoms with Gasteiger partial charge in [0.15, 0.2) is 11.5 Å². The van der Waals surface area contributed by atoms with Crippen molar-refractivity contribution in [2.24, 2.45) is 17.8 Å². The predicted molar refractivity (Wildman–Crippen MR) is 90.2 cm³/mol. The van der Waals surface area contributed by atoms with Gasteiger partial charge in [0.2, 0.25) is 5.75 Å². The van der Waals surface area contributed by atoms with Crippen molar-refractivity contribution in [3.8, 4) is 17.2 Å². The van der Waals surface area contributed by atoms with Crippen molar-refractivity contribution in [1.29, 1.82) is 0 Å². The van der Waals surface area contributed by atoms with E-state index in [1.807, 2.05) is 0 Å². The first-order chi connectivity index (χ1) is 10.5. The van der Waals surface area contributed by atoms with E-state index in [0.29, 0.717) is 17.6 Å². The molecule has 0 radical (unpaired) electrons. The molecule has 1 aromatic rings. The Balaban J connectivity index is 2.44. The summed E-state index contributed by atoms with van der Waals surface area (Å²) in [5.74, 6) is 4.96. The third-order valence-electron chi connectivity index (χ3n) is 5.14. The summed E-state index contributed by atoms with van der Waals surface area (Å²) < 4.78 is 16.5. The lowest BCUT2D eigenvalue weighted by Gasteiger charge is -2.38. The van der Waals surface area contributed by atoms with Crippen molar-refractivity contribution >= 4 is 0 Å². The highest BCUT2D eigenvalue weighted by atomic mass is 16.5. The Labute approximate surface area is 135 Å². The zero-order valence-corrected chi connectivity index (χ0v) is 14.8. The van der Waals surface area contributed by atoms with Crippen LogP contribution in [0, 0.1) is 17.8 Å². The van der Waals surface area contributed by atoms with Crippen LogP contribution in [0.1, 0.15) is 51.5 Å². The molecule has 0 unspecified atom stereocenters. The van der Waals surface area contributed by atoms with Gasteiger partial charge >= 0.3 is 0 Å². The van der Waals surface area contributed by atoms with Gasteiger partial charge < -0.3 is 14.2 Å². The SMILES string of the molecule is COc1cc([C@@H]2C[C@H](C)CC[C@H]2C(C)C)cc(OC)c1OC. The zero-order chi connectivity index (χ0) is 16.3. The van der Waals surface area contributed by atoms with Crippen LogP contribution in [0.3, 0.4) is 0 Å². The fraction of sp³-hybridized carbons (Fsp3) is 0.684. The van der Waals surface area contributed by atoms with Crippen LogP contribution in [-0.2, 0) is 0 Å². The largest absolute Gasteiger partial charge is 0.493 e. The highest BCUT2D eigenvalue weighted by Crippen LogP contribution is 2.48. The number of methoxy groups -OCH3 is 3. The third kappa shape index (κ3) is 3.34. The fourth-order valence-corrected chi connectivity index (χ4v) is 3.90. The van der Waals surface area contributed by atoms with E-state index in [-0.39, 0.29) is 0 Å². The average molecular weight is 306 g/mol. The maximum atomic E-state index is 5.53. The molecular weight excluding hydrogens is 276 g/mol. The molecule has 22 heavy (non-hydrogen) atoms. The van der Waals surface area contributed by atoms with Gasteiger partial charge in [-0.3, -0.25) is 0 Å². The second kappa shape index (κ2) is 7.26. The topological polar surface area (TPSA) is 27.7 Å². The summed E-state index contributed by atoms with van der Waals surface area (Å²) in [7, 11) is 5.02. The smallest absolute Gasteiger partial charge is 0.203 e. The van der Waals surface area contributed by atoms with Gasteiger partial charge in [0, 0.05) is 0 Å². The van der Waals surface area contributed by atoms with Crippen LogP contribution < -0.4 is 14.2 Å². The summed E-state index contributed by atoms with van der Waals surface area (Å²) in [5, 5.41) is 0. The molecule has 0 aromatic heterocycles. The van der Waals surface area contributed by atoms with Gasteiger partial charge in [-0.15, -0.1) is 0 Å². The maximum Gasteiger partial charge on any atom is 0.203 e. The molecule has 0 bridgehead atoms. The Morgan fingerprint density at radius 1 is 0.955 bits per heavy atom. The second-order valence-electron chi connectivity index (χ2n) is 6.89. The minimum atomic E-state index is 0.567. The third-order valence-corrected chi connectivity index (χ3v) is 5.14. The van der Waals surface area contributed by atoms with E-state index >= 15 is 0 Å².